The van der Waals surface area contributed by atoms with E-state index in [1.165, 1.54) is 0 Å². The lowest BCUT2D eigenvalue weighted by atomic mass is 10.0. The number of nitrogens with one attached hydrogen (secondary N) is 3. The Balaban J connectivity index is 1.86. The molecule has 3 unspecified atom stereocenters. The Hall–Kier alpha value is -2.05. The van der Waals surface area contributed by atoms with E-state index in [4.69, 9.17) is 5.11 Å². The number of carbonyl (C=O) groups excluding carboxylic acids is 1. The zero-order valence-electron chi connectivity index (χ0n) is 10.7. The average Bonchev–Trinajstić information content (AvgIpc) is 2.98. The van der Waals surface area contributed by atoms with E-state index in [9.17, 15) is 9.59 Å². The maximum Gasteiger partial charge on any atom is 0.315 e. The van der Waals surface area contributed by atoms with Crippen molar-refractivity contribution in [2.75, 3.05) is 0 Å². The summed E-state index contributed by atoms with van der Waals surface area (Å²) in [6.45, 7) is 1.81. The quantitative estimate of drug-likeness (QED) is 0.652. The topological polar surface area (TPSA) is 107 Å². The number of carboxylic acids is 1. The lowest BCUT2D eigenvalue weighted by Crippen LogP contribution is -2.46. The van der Waals surface area contributed by atoms with E-state index < -0.39 is 11.9 Å². The smallest absolute Gasteiger partial charge is 0.315 e. The second kappa shape index (κ2) is 5.73. The van der Waals surface area contributed by atoms with Gasteiger partial charge in [-0.05, 0) is 19.8 Å². The molecule has 1 aliphatic carbocycles. The fourth-order valence-electron chi connectivity index (χ4n) is 2.42. The van der Waals surface area contributed by atoms with Gasteiger partial charge in [-0.1, -0.05) is 6.42 Å². The Bertz CT molecular complexity index is 446. The maximum atomic E-state index is 11.8. The molecule has 0 aliphatic heterocycles. The van der Waals surface area contributed by atoms with Crippen LogP contribution in [0.5, 0.6) is 0 Å². The number of hydrogen-bond donors (Lipinski definition) is 4. The minimum absolute atomic E-state index is 0.250. The van der Waals surface area contributed by atoms with Gasteiger partial charge in [0.25, 0.3) is 0 Å². The zero-order valence-corrected chi connectivity index (χ0v) is 10.7. The van der Waals surface area contributed by atoms with Crippen molar-refractivity contribution in [3.8, 4) is 0 Å². The predicted octanol–water partition coefficient (Wildman–Crippen LogP) is 1.02. The van der Waals surface area contributed by atoms with Crippen molar-refractivity contribution in [2.24, 2.45) is 5.92 Å². The van der Waals surface area contributed by atoms with Gasteiger partial charge in [-0.15, -0.1) is 0 Å². The Morgan fingerprint density at radius 3 is 2.95 bits per heavy atom. The highest BCUT2D eigenvalue weighted by Crippen LogP contribution is 2.25. The van der Waals surface area contributed by atoms with Gasteiger partial charge in [0.1, 0.15) is 5.82 Å². The molecule has 4 N–H and O–H groups in total. The minimum atomic E-state index is -0.845. The summed E-state index contributed by atoms with van der Waals surface area (Å²) >= 11 is 0. The highest BCUT2D eigenvalue weighted by molar-refractivity contribution is 5.77. The SMILES string of the molecule is CC(NC(=O)NC1CCCC1C(=O)O)c1ncc[nH]1. The van der Waals surface area contributed by atoms with E-state index in [2.05, 4.69) is 20.6 Å². The first-order valence-electron chi connectivity index (χ1n) is 6.37. The van der Waals surface area contributed by atoms with Gasteiger partial charge in [0.05, 0.1) is 12.0 Å². The van der Waals surface area contributed by atoms with Crippen molar-refractivity contribution in [2.45, 2.75) is 38.3 Å². The van der Waals surface area contributed by atoms with Gasteiger partial charge in [-0.2, -0.15) is 0 Å². The Morgan fingerprint density at radius 1 is 1.53 bits per heavy atom. The van der Waals surface area contributed by atoms with Crippen LogP contribution in [0.2, 0.25) is 0 Å². The van der Waals surface area contributed by atoms with Crippen molar-refractivity contribution in [1.29, 1.82) is 0 Å². The minimum Gasteiger partial charge on any atom is -0.481 e. The molecule has 2 amide bonds. The Kier molecular flexibility index (Phi) is 4.03. The summed E-state index contributed by atoms with van der Waals surface area (Å²) in [5.74, 6) is -0.664. The first kappa shape index (κ1) is 13.4. The third-order valence-corrected chi connectivity index (χ3v) is 3.43. The van der Waals surface area contributed by atoms with E-state index in [-0.39, 0.29) is 18.1 Å². The molecule has 1 aromatic rings. The van der Waals surface area contributed by atoms with Crippen LogP contribution < -0.4 is 10.6 Å². The first-order chi connectivity index (χ1) is 9.08. The van der Waals surface area contributed by atoms with Crippen LogP contribution >= 0.6 is 0 Å². The van der Waals surface area contributed by atoms with Gasteiger partial charge in [0, 0.05) is 18.4 Å². The van der Waals surface area contributed by atoms with Crippen molar-refractivity contribution < 1.29 is 14.7 Å². The second-order valence-electron chi connectivity index (χ2n) is 4.80. The molecule has 104 valence electrons. The van der Waals surface area contributed by atoms with E-state index >= 15 is 0 Å². The van der Waals surface area contributed by atoms with Gasteiger partial charge in [0.2, 0.25) is 0 Å². The molecule has 7 heteroatoms. The molecule has 0 aromatic carbocycles. The molecule has 1 saturated carbocycles. The standard InChI is InChI=1S/C12H18N4O3/c1-7(10-13-5-6-14-10)15-12(19)16-9-4-2-3-8(9)11(17)18/h5-9H,2-4H2,1H3,(H,13,14)(H,17,18)(H2,15,16,19). The second-order valence-corrected chi connectivity index (χ2v) is 4.80. The maximum absolute atomic E-state index is 11.8. The molecule has 2 rings (SSSR count). The molecule has 1 aromatic heterocycles. The number of nitrogens with zero attached hydrogens (tertiary/aromatic N) is 1. The normalized spacial score (nSPS) is 23.8. The number of rotatable bonds is 4. The van der Waals surface area contributed by atoms with Gasteiger partial charge in [0.15, 0.2) is 0 Å². The summed E-state index contributed by atoms with van der Waals surface area (Å²) < 4.78 is 0. The number of H-pyrrole nitrogens is 1. The van der Waals surface area contributed by atoms with Crippen LogP contribution in [0.25, 0.3) is 0 Å². The van der Waals surface area contributed by atoms with Gasteiger partial charge in [-0.3, -0.25) is 4.79 Å². The van der Waals surface area contributed by atoms with E-state index in [1.807, 2.05) is 6.92 Å². The molecule has 1 aliphatic rings. The highest BCUT2D eigenvalue weighted by Gasteiger charge is 2.34. The van der Waals surface area contributed by atoms with Gasteiger partial charge < -0.3 is 20.7 Å². The van der Waals surface area contributed by atoms with Crippen molar-refractivity contribution in [3.63, 3.8) is 0 Å². The van der Waals surface area contributed by atoms with Gasteiger partial charge >= 0.3 is 12.0 Å². The van der Waals surface area contributed by atoms with Crippen molar-refractivity contribution >= 4 is 12.0 Å². The Labute approximate surface area is 110 Å². The summed E-state index contributed by atoms with van der Waals surface area (Å²) in [6.07, 6.45) is 5.45. The monoisotopic (exact) mass is 266 g/mol. The van der Waals surface area contributed by atoms with Crippen molar-refractivity contribution in [1.82, 2.24) is 20.6 Å². The van der Waals surface area contributed by atoms with Crippen LogP contribution in [-0.4, -0.2) is 33.1 Å². The molecule has 0 spiro atoms. The molecule has 1 fully saturated rings. The molecule has 7 nitrogen and oxygen atoms in total. The van der Waals surface area contributed by atoms with Crippen LogP contribution in [-0.2, 0) is 4.79 Å². The number of imidazole rings is 1. The van der Waals surface area contributed by atoms with Gasteiger partial charge in [-0.25, -0.2) is 9.78 Å². The van der Waals surface area contributed by atoms with Crippen molar-refractivity contribution in [3.05, 3.63) is 18.2 Å². The summed E-state index contributed by atoms with van der Waals surface area (Å²) in [5, 5.41) is 14.5. The predicted molar refractivity (Wildman–Crippen MR) is 67.4 cm³/mol. The van der Waals surface area contributed by atoms with E-state index in [1.54, 1.807) is 12.4 Å². The third-order valence-electron chi connectivity index (χ3n) is 3.43. The molecule has 0 radical (unpaired) electrons. The fourth-order valence-corrected chi connectivity index (χ4v) is 2.42. The number of hydrogen-bond acceptors (Lipinski definition) is 3. The molecule has 1 heterocycles. The summed E-state index contributed by atoms with van der Waals surface area (Å²) in [5.41, 5.74) is 0. The fraction of sp³-hybridized carbons (Fsp3) is 0.583. The number of carbonyl (C=O) groups is 2. The lowest BCUT2D eigenvalue weighted by Gasteiger charge is -2.19. The number of carboxylic acid groups (broad SMARTS) is 1. The number of aromatic nitrogens is 2. The van der Waals surface area contributed by atoms with Crippen LogP contribution in [0.15, 0.2) is 12.4 Å². The molecule has 0 saturated heterocycles. The molecule has 0 bridgehead atoms. The number of aromatic amines is 1. The summed E-state index contributed by atoms with van der Waals surface area (Å²) in [7, 11) is 0. The summed E-state index contributed by atoms with van der Waals surface area (Å²) in [4.78, 5) is 29.8. The number of aliphatic carboxylic acids is 1. The number of amides is 2. The largest absolute Gasteiger partial charge is 0.481 e. The van der Waals surface area contributed by atoms with Crippen LogP contribution in [0.3, 0.4) is 0 Å². The highest BCUT2D eigenvalue weighted by atomic mass is 16.4. The van der Waals surface area contributed by atoms with Crippen LogP contribution in [0, 0.1) is 5.92 Å². The Morgan fingerprint density at radius 2 is 2.32 bits per heavy atom. The number of urea groups is 1. The third kappa shape index (κ3) is 3.24. The zero-order chi connectivity index (χ0) is 13.8. The van der Waals surface area contributed by atoms with E-state index in [0.29, 0.717) is 18.7 Å². The lowest BCUT2D eigenvalue weighted by molar-refractivity contribution is -0.142. The average molecular weight is 266 g/mol. The van der Waals surface area contributed by atoms with Crippen LogP contribution in [0.4, 0.5) is 4.79 Å². The van der Waals surface area contributed by atoms with Crippen LogP contribution in [0.1, 0.15) is 38.1 Å². The van der Waals surface area contributed by atoms with E-state index in [0.717, 1.165) is 6.42 Å². The summed E-state index contributed by atoms with van der Waals surface area (Å²) in [6, 6.07) is -0.900. The first-order valence-corrected chi connectivity index (χ1v) is 6.37. The molecule has 3 atom stereocenters. The molecular weight excluding hydrogens is 248 g/mol. The molecular formula is C12H18N4O3. The molecule has 19 heavy (non-hydrogen) atoms.